The predicted molar refractivity (Wildman–Crippen MR) is 207 cm³/mol. The Morgan fingerprint density at radius 2 is 1.24 bits per heavy atom. The van der Waals surface area contributed by atoms with Gasteiger partial charge in [-0.05, 0) is 51.2 Å². The topological polar surface area (TPSA) is 30.7 Å². The molecular formula is C45H35N3Si. The molecule has 0 atom stereocenters. The van der Waals surface area contributed by atoms with Crippen LogP contribution in [-0.2, 0) is 5.41 Å². The van der Waals surface area contributed by atoms with Gasteiger partial charge in [0.2, 0.25) is 0 Å². The van der Waals surface area contributed by atoms with Crippen molar-refractivity contribution in [3.63, 3.8) is 0 Å². The van der Waals surface area contributed by atoms with Gasteiger partial charge in [-0.25, -0.2) is 9.97 Å². The number of rotatable bonds is 3. The molecule has 1 aliphatic carbocycles. The van der Waals surface area contributed by atoms with Crippen molar-refractivity contribution in [2.24, 2.45) is 0 Å². The summed E-state index contributed by atoms with van der Waals surface area (Å²) >= 11 is 0. The van der Waals surface area contributed by atoms with Crippen LogP contribution in [0.1, 0.15) is 25.0 Å². The smallest absolute Gasteiger partial charge is 0.161 e. The fourth-order valence-electron chi connectivity index (χ4n) is 8.89. The highest BCUT2D eigenvalue weighted by molar-refractivity contribution is 7.03. The molecule has 3 nitrogen and oxygen atoms in total. The van der Waals surface area contributed by atoms with Crippen molar-refractivity contribution < 1.29 is 0 Å². The fourth-order valence-corrected chi connectivity index (χ4v) is 11.8. The largest absolute Gasteiger partial charge is 0.308 e. The highest BCUT2D eigenvalue weighted by atomic mass is 28.3. The van der Waals surface area contributed by atoms with E-state index in [9.17, 15) is 0 Å². The molecule has 0 fully saturated rings. The molecule has 1 aliphatic heterocycles. The maximum absolute atomic E-state index is 5.58. The maximum Gasteiger partial charge on any atom is 0.161 e. The van der Waals surface area contributed by atoms with Crippen LogP contribution in [0.5, 0.6) is 0 Å². The third-order valence-electron chi connectivity index (χ3n) is 11.2. The lowest BCUT2D eigenvalue weighted by molar-refractivity contribution is 0.664. The van der Waals surface area contributed by atoms with Crippen LogP contribution >= 0.6 is 0 Å². The molecule has 4 heteroatoms. The van der Waals surface area contributed by atoms with E-state index in [-0.39, 0.29) is 5.41 Å². The summed E-state index contributed by atoms with van der Waals surface area (Å²) in [6, 6.07) is 50.8. The van der Waals surface area contributed by atoms with Crippen LogP contribution < -0.4 is 10.5 Å². The summed E-state index contributed by atoms with van der Waals surface area (Å²) < 4.78 is 2.50. The standard InChI is InChI=1S/C45H35N3Si/c1-45(2)35-22-12-8-18-29(35)31-26-27-32-30-19-9-13-23-36(30)48(42(32)40(31)45)37-24-14-10-20-33(37)43-46-41(28-16-6-5-7-17-28)39-34-21-11-15-25-38(34)49(3,4)44(39)47-43/h5-27H,1-4H3. The molecule has 234 valence electrons. The Balaban J connectivity index is 1.31. The Kier molecular flexibility index (Phi) is 5.79. The van der Waals surface area contributed by atoms with Gasteiger partial charge in [0.05, 0.1) is 22.4 Å². The molecule has 10 rings (SSSR count). The Morgan fingerprint density at radius 3 is 2.08 bits per heavy atom. The molecule has 0 saturated carbocycles. The van der Waals surface area contributed by atoms with Crippen LogP contribution in [0.15, 0.2) is 140 Å². The van der Waals surface area contributed by atoms with Gasteiger partial charge in [-0.15, -0.1) is 0 Å². The zero-order chi connectivity index (χ0) is 33.1. The molecule has 2 aliphatic rings. The number of para-hydroxylation sites is 2. The summed E-state index contributed by atoms with van der Waals surface area (Å²) in [7, 11) is -2.11. The number of hydrogen-bond acceptors (Lipinski definition) is 2. The molecule has 0 unspecified atom stereocenters. The molecule has 0 saturated heterocycles. The minimum Gasteiger partial charge on any atom is -0.308 e. The molecule has 6 aromatic carbocycles. The number of fused-ring (bicyclic) bond motifs is 10. The Bertz CT molecular complexity index is 2660. The van der Waals surface area contributed by atoms with E-state index in [0.29, 0.717) is 0 Å². The SMILES string of the molecule is CC1(C)c2ccccc2-c2ccc3c4ccccc4n(-c4ccccc4-c4nc(-c5ccccc5)c5c(n4)[Si](C)(C)c4ccccc4-5)c3c21. The van der Waals surface area contributed by atoms with Gasteiger partial charge in [-0.2, -0.15) is 0 Å². The van der Waals surface area contributed by atoms with Crippen molar-refractivity contribution in [2.45, 2.75) is 32.4 Å². The van der Waals surface area contributed by atoms with Crippen molar-refractivity contribution >= 4 is 40.4 Å². The lowest BCUT2D eigenvalue weighted by Crippen LogP contribution is -2.50. The molecule has 8 aromatic rings. The van der Waals surface area contributed by atoms with Gasteiger partial charge in [0, 0.05) is 38.2 Å². The minimum absolute atomic E-state index is 0.168. The normalized spacial score (nSPS) is 14.9. The van der Waals surface area contributed by atoms with Gasteiger partial charge < -0.3 is 4.57 Å². The monoisotopic (exact) mass is 645 g/mol. The Hall–Kier alpha value is -5.58. The second-order valence-electron chi connectivity index (χ2n) is 14.6. The summed E-state index contributed by atoms with van der Waals surface area (Å²) in [5, 5.41) is 5.17. The van der Waals surface area contributed by atoms with Crippen molar-refractivity contribution in [3.05, 3.63) is 151 Å². The average Bonchev–Trinajstić information content (AvgIpc) is 3.69. The summed E-state index contributed by atoms with van der Waals surface area (Å²) in [4.78, 5) is 11.1. The zero-order valence-corrected chi connectivity index (χ0v) is 29.1. The number of aromatic nitrogens is 3. The second-order valence-corrected chi connectivity index (χ2v) is 18.8. The number of nitrogens with zero attached hydrogens (tertiary/aromatic N) is 3. The van der Waals surface area contributed by atoms with E-state index in [4.69, 9.17) is 9.97 Å². The highest BCUT2D eigenvalue weighted by Crippen LogP contribution is 2.53. The molecule has 49 heavy (non-hydrogen) atoms. The van der Waals surface area contributed by atoms with Gasteiger partial charge in [0.25, 0.3) is 0 Å². The van der Waals surface area contributed by atoms with Crippen molar-refractivity contribution in [2.75, 3.05) is 0 Å². The van der Waals surface area contributed by atoms with E-state index in [2.05, 4.69) is 171 Å². The van der Waals surface area contributed by atoms with Crippen molar-refractivity contribution in [3.8, 4) is 50.6 Å². The van der Waals surface area contributed by atoms with E-state index in [1.807, 2.05) is 0 Å². The van der Waals surface area contributed by atoms with Gasteiger partial charge >= 0.3 is 0 Å². The molecule has 0 amide bonds. The summed E-state index contributed by atoms with van der Waals surface area (Å²) in [6.45, 7) is 9.63. The third kappa shape index (κ3) is 3.78. The van der Waals surface area contributed by atoms with Crippen LogP contribution in [0.3, 0.4) is 0 Å². The summed E-state index contributed by atoms with van der Waals surface area (Å²) in [5.41, 5.74) is 14.5. The number of benzene rings is 6. The first-order chi connectivity index (χ1) is 23.9. The summed E-state index contributed by atoms with van der Waals surface area (Å²) in [5.74, 6) is 0.780. The first kappa shape index (κ1) is 28.4. The predicted octanol–water partition coefficient (Wildman–Crippen LogP) is 10.0. The highest BCUT2D eigenvalue weighted by Gasteiger charge is 2.42. The quantitative estimate of drug-likeness (QED) is 0.179. The van der Waals surface area contributed by atoms with E-state index in [0.717, 1.165) is 28.3 Å². The molecule has 0 N–H and O–H groups in total. The minimum atomic E-state index is -2.11. The molecule has 0 spiro atoms. The van der Waals surface area contributed by atoms with Crippen LogP contribution in [0.4, 0.5) is 0 Å². The van der Waals surface area contributed by atoms with Crippen molar-refractivity contribution in [1.29, 1.82) is 0 Å². The van der Waals surface area contributed by atoms with Gasteiger partial charge in [-0.1, -0.05) is 148 Å². The van der Waals surface area contributed by atoms with Crippen LogP contribution in [0.25, 0.3) is 72.4 Å². The molecule has 2 aromatic heterocycles. The Labute approximate surface area is 287 Å². The first-order valence-electron chi connectivity index (χ1n) is 17.2. The van der Waals surface area contributed by atoms with Gasteiger partial charge in [0.15, 0.2) is 5.82 Å². The Morgan fingerprint density at radius 1 is 0.571 bits per heavy atom. The lowest BCUT2D eigenvalue weighted by Gasteiger charge is -2.24. The van der Waals surface area contributed by atoms with E-state index in [1.165, 1.54) is 65.7 Å². The van der Waals surface area contributed by atoms with E-state index < -0.39 is 8.07 Å². The van der Waals surface area contributed by atoms with Gasteiger partial charge in [0.1, 0.15) is 8.07 Å². The second kappa shape index (κ2) is 9.97. The van der Waals surface area contributed by atoms with E-state index in [1.54, 1.807) is 0 Å². The van der Waals surface area contributed by atoms with E-state index >= 15 is 0 Å². The van der Waals surface area contributed by atoms with Crippen LogP contribution in [-0.4, -0.2) is 22.6 Å². The molecular weight excluding hydrogens is 611 g/mol. The van der Waals surface area contributed by atoms with Crippen LogP contribution in [0.2, 0.25) is 13.1 Å². The maximum atomic E-state index is 5.58. The van der Waals surface area contributed by atoms with Gasteiger partial charge in [-0.3, -0.25) is 0 Å². The third-order valence-corrected chi connectivity index (χ3v) is 14.5. The average molecular weight is 646 g/mol. The molecule has 0 bridgehead atoms. The van der Waals surface area contributed by atoms with Crippen molar-refractivity contribution in [1.82, 2.24) is 14.5 Å². The molecule has 0 radical (unpaired) electrons. The fraction of sp³-hybridized carbons (Fsp3) is 0.111. The zero-order valence-electron chi connectivity index (χ0n) is 28.1. The van der Waals surface area contributed by atoms with Crippen LogP contribution in [0, 0.1) is 0 Å². The number of hydrogen-bond donors (Lipinski definition) is 0. The summed E-state index contributed by atoms with van der Waals surface area (Å²) in [6.07, 6.45) is 0. The molecule has 3 heterocycles. The first-order valence-corrected chi connectivity index (χ1v) is 20.2. The lowest BCUT2D eigenvalue weighted by atomic mass is 9.81.